The fourth-order valence-corrected chi connectivity index (χ4v) is 5.44. The molecular weight excluding hydrogens is 756 g/mol. The van der Waals surface area contributed by atoms with Crippen LogP contribution in [0, 0.1) is 43.5 Å². The number of hydrogen-bond donors (Lipinski definition) is 3. The Balaban J connectivity index is 0.000000264. The molecule has 0 heterocycles. The van der Waals surface area contributed by atoms with Crippen molar-refractivity contribution in [1.29, 1.82) is 0 Å². The van der Waals surface area contributed by atoms with E-state index in [2.05, 4.69) is 132 Å². The molecule has 6 aromatic rings. The van der Waals surface area contributed by atoms with E-state index in [4.69, 9.17) is 15.2 Å². The molecule has 6 rings (SSSR count). The molecular formula is C44H42F4N4O6. The summed E-state index contributed by atoms with van der Waals surface area (Å²) < 4.78 is 50.1. The highest BCUT2D eigenvalue weighted by atomic mass is 19.1. The maximum Gasteiger partial charge on any atom is 0.233 e. The Kier molecular flexibility index (Phi) is 19.6. The number of aliphatic hydroxyl groups is 1. The van der Waals surface area contributed by atoms with Crippen molar-refractivity contribution in [2.24, 2.45) is 0 Å². The van der Waals surface area contributed by atoms with Crippen LogP contribution < -0.4 is 10.6 Å². The van der Waals surface area contributed by atoms with Gasteiger partial charge < -0.3 is 15.7 Å². The number of benzene rings is 6. The molecule has 0 saturated carbocycles. The van der Waals surface area contributed by atoms with Gasteiger partial charge in [0.2, 0.25) is 6.54 Å². The van der Waals surface area contributed by atoms with E-state index in [0.717, 1.165) is 56.5 Å². The van der Waals surface area contributed by atoms with Crippen molar-refractivity contribution in [3.8, 4) is 0 Å². The van der Waals surface area contributed by atoms with Gasteiger partial charge in [0.15, 0.2) is 13.3 Å². The van der Waals surface area contributed by atoms with E-state index in [9.17, 15) is 32.5 Å². The number of halogens is 4. The molecule has 58 heavy (non-hydrogen) atoms. The molecule has 0 aliphatic carbocycles. The van der Waals surface area contributed by atoms with E-state index in [1.165, 1.54) is 22.3 Å². The fraction of sp³-hybridized carbons (Fsp3) is 0.159. The lowest BCUT2D eigenvalue weighted by molar-refractivity contribution is -0.491. The van der Waals surface area contributed by atoms with E-state index in [1.54, 1.807) is 0 Å². The molecule has 0 aromatic heterocycles. The highest BCUT2D eigenvalue weighted by molar-refractivity contribution is 5.74. The molecule has 0 spiro atoms. The normalized spacial score (nSPS) is 11.8. The molecule has 0 amide bonds. The van der Waals surface area contributed by atoms with Crippen molar-refractivity contribution in [1.82, 2.24) is 10.6 Å². The van der Waals surface area contributed by atoms with Crippen LogP contribution in [0.25, 0.3) is 0 Å². The van der Waals surface area contributed by atoms with Crippen molar-refractivity contribution in [3.63, 3.8) is 0 Å². The van der Waals surface area contributed by atoms with Crippen molar-refractivity contribution in [3.05, 3.63) is 235 Å². The van der Waals surface area contributed by atoms with Crippen LogP contribution in [0.5, 0.6) is 0 Å². The molecule has 3 atom stereocenters. The fourth-order valence-electron chi connectivity index (χ4n) is 5.44. The van der Waals surface area contributed by atoms with Gasteiger partial charge in [0.1, 0.15) is 29.4 Å². The molecule has 6 aromatic carbocycles. The minimum absolute atomic E-state index is 0.137. The molecule has 0 saturated heterocycles. The Morgan fingerprint density at radius 1 is 0.603 bits per heavy atom. The molecule has 0 fully saturated rings. The third kappa shape index (κ3) is 16.6. The number of nitrogens with zero attached hydrogens (tertiary/aromatic N) is 2. The monoisotopic (exact) mass is 798 g/mol. The van der Waals surface area contributed by atoms with E-state index in [-0.39, 0.29) is 23.9 Å². The zero-order chi connectivity index (χ0) is 42.3. The lowest BCUT2D eigenvalue weighted by Gasteiger charge is -2.30. The Bertz CT molecular complexity index is 2050. The SMILES string of the molecule is C[N+](=O)[O-].O=Cc1cc(F)ccc1F.O=[N+]([O-])C[C@H](O)c1cc(F)ccc1F.c1ccc(CN[C@@H](c2ccccc2)[C@@H](NCc2ccccc2)c2ccccc2)cc1. The second-order valence-corrected chi connectivity index (χ2v) is 12.4. The smallest absolute Gasteiger partial charge is 0.233 e. The van der Waals surface area contributed by atoms with Crippen LogP contribution in [-0.4, -0.2) is 34.8 Å². The molecule has 302 valence electrons. The largest absolute Gasteiger partial charge is 0.381 e. The topological polar surface area (TPSA) is 148 Å². The first kappa shape index (κ1) is 45.8. The summed E-state index contributed by atoms with van der Waals surface area (Å²) in [6.07, 6.45) is -1.35. The number of rotatable bonds is 13. The summed E-state index contributed by atoms with van der Waals surface area (Å²) in [6.45, 7) is 0.786. The third-order valence-corrected chi connectivity index (χ3v) is 8.11. The van der Waals surface area contributed by atoms with Gasteiger partial charge in [0.05, 0.1) is 17.6 Å². The minimum atomic E-state index is -1.62. The summed E-state index contributed by atoms with van der Waals surface area (Å²) in [5, 5.41) is 35.6. The van der Waals surface area contributed by atoms with Crippen molar-refractivity contribution < 1.29 is 37.3 Å². The number of carbonyl (C=O) groups excluding carboxylic acids is 1. The van der Waals surface area contributed by atoms with Gasteiger partial charge in [-0.15, -0.1) is 0 Å². The second kappa shape index (κ2) is 24.8. The average molecular weight is 799 g/mol. The Morgan fingerprint density at radius 2 is 0.983 bits per heavy atom. The number of aliphatic hydroxyl groups excluding tert-OH is 1. The van der Waals surface area contributed by atoms with Gasteiger partial charge in [-0.1, -0.05) is 121 Å². The van der Waals surface area contributed by atoms with Crippen LogP contribution in [0.2, 0.25) is 0 Å². The van der Waals surface area contributed by atoms with E-state index >= 15 is 0 Å². The maximum absolute atomic E-state index is 12.9. The molecule has 0 bridgehead atoms. The van der Waals surface area contributed by atoms with Gasteiger partial charge in [0.25, 0.3) is 0 Å². The van der Waals surface area contributed by atoms with Gasteiger partial charge >= 0.3 is 0 Å². The predicted molar refractivity (Wildman–Crippen MR) is 213 cm³/mol. The summed E-state index contributed by atoms with van der Waals surface area (Å²) in [7, 11) is 0.889. The van der Waals surface area contributed by atoms with Crippen LogP contribution in [0.15, 0.2) is 158 Å². The summed E-state index contributed by atoms with van der Waals surface area (Å²) in [5.41, 5.74) is 4.48. The van der Waals surface area contributed by atoms with E-state index < -0.39 is 51.3 Å². The molecule has 3 N–H and O–H groups in total. The van der Waals surface area contributed by atoms with Gasteiger partial charge in [-0.05, 0) is 58.7 Å². The van der Waals surface area contributed by atoms with Crippen LogP contribution in [0.3, 0.4) is 0 Å². The first-order valence-electron chi connectivity index (χ1n) is 17.8. The lowest BCUT2D eigenvalue weighted by Crippen LogP contribution is -2.35. The highest BCUT2D eigenvalue weighted by Gasteiger charge is 2.24. The van der Waals surface area contributed by atoms with Crippen molar-refractivity contribution >= 4 is 6.29 Å². The molecule has 0 aliphatic heterocycles. The highest BCUT2D eigenvalue weighted by Crippen LogP contribution is 2.30. The zero-order valence-corrected chi connectivity index (χ0v) is 31.3. The van der Waals surface area contributed by atoms with Gasteiger partial charge in [-0.25, -0.2) is 17.6 Å². The Labute approximate surface area is 333 Å². The van der Waals surface area contributed by atoms with E-state index in [0.29, 0.717) is 0 Å². The van der Waals surface area contributed by atoms with Crippen molar-refractivity contribution in [2.45, 2.75) is 31.3 Å². The number of carbonyl (C=O) groups is 1. The lowest BCUT2D eigenvalue weighted by atomic mass is 9.92. The van der Waals surface area contributed by atoms with Gasteiger partial charge in [0, 0.05) is 28.5 Å². The first-order chi connectivity index (χ1) is 27.9. The summed E-state index contributed by atoms with van der Waals surface area (Å²) >= 11 is 0. The number of nitrogens with one attached hydrogen (secondary N) is 2. The third-order valence-electron chi connectivity index (χ3n) is 8.11. The van der Waals surface area contributed by atoms with Crippen molar-refractivity contribution in [2.75, 3.05) is 13.6 Å². The van der Waals surface area contributed by atoms with Crippen LogP contribution in [0.1, 0.15) is 56.4 Å². The Hall–Kier alpha value is -6.61. The van der Waals surface area contributed by atoms with E-state index in [1.807, 2.05) is 0 Å². The van der Waals surface area contributed by atoms with Gasteiger partial charge in [-0.3, -0.25) is 25.0 Å². The van der Waals surface area contributed by atoms with Crippen LogP contribution in [0.4, 0.5) is 17.6 Å². The van der Waals surface area contributed by atoms with Gasteiger partial charge in [-0.2, -0.15) is 0 Å². The maximum atomic E-state index is 12.9. The summed E-state index contributed by atoms with van der Waals surface area (Å²) in [4.78, 5) is 27.5. The molecule has 10 nitrogen and oxygen atoms in total. The quantitative estimate of drug-likeness (QED) is 0.0454. The van der Waals surface area contributed by atoms with Crippen LogP contribution in [-0.2, 0) is 13.1 Å². The summed E-state index contributed by atoms with van der Waals surface area (Å²) in [6, 6.07) is 48.1. The average Bonchev–Trinajstić information content (AvgIpc) is 3.22. The molecule has 0 radical (unpaired) electrons. The standard InChI is InChI=1S/C28H28N2.C8H7F2NO3.C7H4F2O.CH3NO2/c1-5-13-23(14-6-1)21-29-27(25-17-9-3-10-18-25)28(26-19-11-4-12-20-26)30-22-24-15-7-2-8-16-24;9-5-1-2-7(10)6(3-5)8(12)4-11(13)14;8-6-1-2-7(9)5(3-6)4-10;1-2(3)4/h1-20,27-30H,21-22H2;1-3,8,12H,4H2;1-4H;1H3/t27-,28-;8-;;/m00../s1. The Morgan fingerprint density at radius 3 is 1.36 bits per heavy atom. The summed E-state index contributed by atoms with van der Waals surface area (Å²) in [5.74, 6) is -2.91. The predicted octanol–water partition coefficient (Wildman–Crippen LogP) is 8.99. The van der Waals surface area contributed by atoms with Crippen LogP contribution >= 0.6 is 0 Å². The number of nitro groups is 2. The zero-order valence-electron chi connectivity index (χ0n) is 31.3. The number of hydrogen-bond acceptors (Lipinski definition) is 8. The molecule has 14 heteroatoms. The second-order valence-electron chi connectivity index (χ2n) is 12.4. The number of aldehydes is 1. The molecule has 0 aliphatic rings. The minimum Gasteiger partial charge on any atom is -0.381 e. The molecule has 0 unspecified atom stereocenters. The first-order valence-corrected chi connectivity index (χ1v) is 17.8.